The van der Waals surface area contributed by atoms with Gasteiger partial charge in [-0.3, -0.25) is 14.9 Å². The maximum atomic E-state index is 12.6. The number of nitrogens with one attached hydrogen (secondary N) is 1. The van der Waals surface area contributed by atoms with Gasteiger partial charge < -0.3 is 16.0 Å². The molecule has 2 atom stereocenters. The van der Waals surface area contributed by atoms with Crippen LogP contribution in [0.5, 0.6) is 0 Å². The number of carbonyl (C=O) groups excluding carboxylic acids is 1. The van der Waals surface area contributed by atoms with Crippen LogP contribution >= 0.6 is 0 Å². The summed E-state index contributed by atoms with van der Waals surface area (Å²) in [6, 6.07) is 4.89. The number of benzene rings is 1. The second-order valence-corrected chi connectivity index (χ2v) is 7.64. The molecule has 1 heterocycles. The van der Waals surface area contributed by atoms with Crippen LogP contribution in [0.25, 0.3) is 0 Å². The molecule has 3 rings (SSSR count). The third-order valence-corrected chi connectivity index (χ3v) is 5.84. The van der Waals surface area contributed by atoms with Gasteiger partial charge in [-0.05, 0) is 56.2 Å². The molecule has 1 saturated heterocycles. The number of carbonyl (C=O) groups is 1. The summed E-state index contributed by atoms with van der Waals surface area (Å²) in [6.45, 7) is 4.38. The van der Waals surface area contributed by atoms with Crippen LogP contribution in [0, 0.1) is 22.0 Å². The normalized spacial score (nSPS) is 23.8. The molecule has 1 aromatic carbocycles. The molecule has 1 aliphatic heterocycles. The molecule has 142 valence electrons. The Hall–Kier alpha value is -2.15. The van der Waals surface area contributed by atoms with Gasteiger partial charge in [0.25, 0.3) is 11.6 Å². The number of nitro benzene ring substituents is 1. The van der Waals surface area contributed by atoms with Gasteiger partial charge in [0.05, 0.1) is 4.92 Å². The lowest BCUT2D eigenvalue weighted by Crippen LogP contribution is -2.40. The van der Waals surface area contributed by atoms with Crippen molar-refractivity contribution < 1.29 is 9.72 Å². The molecule has 1 aromatic rings. The molecule has 1 aliphatic carbocycles. The van der Waals surface area contributed by atoms with E-state index < -0.39 is 0 Å². The zero-order valence-corrected chi connectivity index (χ0v) is 15.3. The summed E-state index contributed by atoms with van der Waals surface area (Å²) in [4.78, 5) is 25.8. The molecule has 2 fully saturated rings. The quantitative estimate of drug-likeness (QED) is 0.621. The van der Waals surface area contributed by atoms with Gasteiger partial charge in [0.15, 0.2) is 0 Å². The van der Waals surface area contributed by atoms with Gasteiger partial charge in [0.1, 0.15) is 5.69 Å². The maximum absolute atomic E-state index is 12.6. The molecular weight excluding hydrogens is 332 g/mol. The first-order valence-corrected chi connectivity index (χ1v) is 9.54. The first-order chi connectivity index (χ1) is 12.5. The van der Waals surface area contributed by atoms with Gasteiger partial charge in [-0.25, -0.2) is 0 Å². The number of rotatable bonds is 5. The van der Waals surface area contributed by atoms with Crippen LogP contribution in [0.1, 0.15) is 49.4 Å². The highest BCUT2D eigenvalue weighted by atomic mass is 16.6. The average molecular weight is 360 g/mol. The van der Waals surface area contributed by atoms with Crippen molar-refractivity contribution in [3.63, 3.8) is 0 Å². The summed E-state index contributed by atoms with van der Waals surface area (Å²) in [5.74, 6) is 0.693. The van der Waals surface area contributed by atoms with Crippen LogP contribution < -0.4 is 16.0 Å². The fourth-order valence-electron chi connectivity index (χ4n) is 4.09. The molecule has 0 spiro atoms. The average Bonchev–Trinajstić information content (AvgIpc) is 3.09. The standard InChI is InChI=1S/C19H28N4O3/c1-13-7-9-22(10-8-13)17-6-5-14(11-18(17)23(25)26)19(24)21-16-4-2-3-15(16)12-20/h5-6,11,13,15-16H,2-4,7-10,12,20H2,1H3,(H,21,24). The van der Waals surface area contributed by atoms with Crippen molar-refractivity contribution in [1.29, 1.82) is 0 Å². The molecule has 7 heteroatoms. The van der Waals surface area contributed by atoms with Gasteiger partial charge in [-0.15, -0.1) is 0 Å². The largest absolute Gasteiger partial charge is 0.366 e. The van der Waals surface area contributed by atoms with E-state index in [4.69, 9.17) is 5.73 Å². The summed E-state index contributed by atoms with van der Waals surface area (Å²) in [5.41, 5.74) is 6.73. The van der Waals surface area contributed by atoms with Crippen molar-refractivity contribution >= 4 is 17.3 Å². The molecule has 7 nitrogen and oxygen atoms in total. The third kappa shape index (κ3) is 3.98. The van der Waals surface area contributed by atoms with E-state index in [0.717, 1.165) is 45.2 Å². The van der Waals surface area contributed by atoms with Crippen molar-refractivity contribution in [1.82, 2.24) is 5.32 Å². The lowest BCUT2D eigenvalue weighted by molar-refractivity contribution is -0.384. The zero-order valence-electron chi connectivity index (χ0n) is 15.3. The number of piperidine rings is 1. The number of amides is 1. The van der Waals surface area contributed by atoms with Crippen LogP contribution in [-0.4, -0.2) is 36.5 Å². The lowest BCUT2D eigenvalue weighted by atomic mass is 9.98. The predicted octanol–water partition coefficient (Wildman–Crippen LogP) is 2.69. The van der Waals surface area contributed by atoms with Gasteiger partial charge in [0.2, 0.25) is 0 Å². The monoisotopic (exact) mass is 360 g/mol. The minimum Gasteiger partial charge on any atom is -0.366 e. The molecule has 0 bridgehead atoms. The molecule has 2 unspecified atom stereocenters. The van der Waals surface area contributed by atoms with E-state index in [0.29, 0.717) is 29.6 Å². The highest BCUT2D eigenvalue weighted by molar-refractivity contribution is 5.96. The van der Waals surface area contributed by atoms with Crippen LogP contribution in [0.15, 0.2) is 18.2 Å². The highest BCUT2D eigenvalue weighted by Crippen LogP contribution is 2.32. The topological polar surface area (TPSA) is 102 Å². The summed E-state index contributed by atoms with van der Waals surface area (Å²) in [6.07, 6.45) is 5.05. The SMILES string of the molecule is CC1CCN(c2ccc(C(=O)NC3CCCC3CN)cc2[N+](=O)[O-])CC1. The Morgan fingerprint density at radius 2 is 2.04 bits per heavy atom. The number of nitrogens with two attached hydrogens (primary N) is 1. The zero-order chi connectivity index (χ0) is 18.7. The van der Waals surface area contributed by atoms with E-state index in [1.54, 1.807) is 12.1 Å². The van der Waals surface area contributed by atoms with Crippen LogP contribution in [-0.2, 0) is 0 Å². The maximum Gasteiger partial charge on any atom is 0.293 e. The van der Waals surface area contributed by atoms with Crippen molar-refractivity contribution in [3.8, 4) is 0 Å². The molecule has 3 N–H and O–H groups in total. The van der Waals surface area contributed by atoms with Gasteiger partial charge in [-0.1, -0.05) is 13.3 Å². The van der Waals surface area contributed by atoms with E-state index in [2.05, 4.69) is 17.1 Å². The Balaban J connectivity index is 1.77. The number of anilines is 1. The van der Waals surface area contributed by atoms with Crippen molar-refractivity contribution in [3.05, 3.63) is 33.9 Å². The van der Waals surface area contributed by atoms with E-state index in [1.807, 2.05) is 0 Å². The molecular formula is C19H28N4O3. The number of hydrogen-bond acceptors (Lipinski definition) is 5. The lowest BCUT2D eigenvalue weighted by Gasteiger charge is -2.31. The van der Waals surface area contributed by atoms with E-state index in [-0.39, 0.29) is 22.6 Å². The Bertz CT molecular complexity index is 671. The molecule has 0 radical (unpaired) electrons. The smallest absolute Gasteiger partial charge is 0.293 e. The summed E-state index contributed by atoms with van der Waals surface area (Å²) >= 11 is 0. The Labute approximate surface area is 154 Å². The van der Waals surface area contributed by atoms with E-state index in [1.165, 1.54) is 6.07 Å². The van der Waals surface area contributed by atoms with Crippen molar-refractivity contribution in [2.24, 2.45) is 17.6 Å². The third-order valence-electron chi connectivity index (χ3n) is 5.84. The van der Waals surface area contributed by atoms with Crippen molar-refractivity contribution in [2.45, 2.75) is 45.1 Å². The molecule has 0 aromatic heterocycles. The Morgan fingerprint density at radius 3 is 2.69 bits per heavy atom. The first-order valence-electron chi connectivity index (χ1n) is 9.54. The summed E-state index contributed by atoms with van der Waals surface area (Å²) < 4.78 is 0. The van der Waals surface area contributed by atoms with Gasteiger partial charge in [-0.2, -0.15) is 0 Å². The summed E-state index contributed by atoms with van der Waals surface area (Å²) in [5, 5.41) is 14.6. The van der Waals surface area contributed by atoms with Crippen LogP contribution in [0.4, 0.5) is 11.4 Å². The van der Waals surface area contributed by atoms with E-state index >= 15 is 0 Å². The number of hydrogen-bond donors (Lipinski definition) is 2. The fourth-order valence-corrected chi connectivity index (χ4v) is 4.09. The van der Waals surface area contributed by atoms with E-state index in [9.17, 15) is 14.9 Å². The van der Waals surface area contributed by atoms with Gasteiger partial charge >= 0.3 is 0 Å². The Morgan fingerprint density at radius 1 is 1.31 bits per heavy atom. The molecule has 26 heavy (non-hydrogen) atoms. The molecule has 1 saturated carbocycles. The fraction of sp³-hybridized carbons (Fsp3) is 0.632. The highest BCUT2D eigenvalue weighted by Gasteiger charge is 2.29. The minimum absolute atomic E-state index is 0.00833. The second kappa shape index (κ2) is 8.03. The van der Waals surface area contributed by atoms with Crippen LogP contribution in [0.2, 0.25) is 0 Å². The Kier molecular flexibility index (Phi) is 5.76. The van der Waals surface area contributed by atoms with Crippen LogP contribution in [0.3, 0.4) is 0 Å². The summed E-state index contributed by atoms with van der Waals surface area (Å²) in [7, 11) is 0. The first kappa shape index (κ1) is 18.6. The molecule has 2 aliphatic rings. The number of nitrogens with zero attached hydrogens (tertiary/aromatic N) is 2. The predicted molar refractivity (Wildman–Crippen MR) is 101 cm³/mol. The van der Waals surface area contributed by atoms with Gasteiger partial charge in [0, 0.05) is 30.8 Å². The second-order valence-electron chi connectivity index (χ2n) is 7.64. The minimum atomic E-state index is -0.387. The molecule has 1 amide bonds. The van der Waals surface area contributed by atoms with Crippen molar-refractivity contribution in [2.75, 3.05) is 24.5 Å². The number of nitro groups is 1.